The van der Waals surface area contributed by atoms with Crippen molar-refractivity contribution in [2.45, 2.75) is 19.8 Å². The first-order valence-electron chi connectivity index (χ1n) is 5.09. The van der Waals surface area contributed by atoms with Crippen molar-refractivity contribution in [2.75, 3.05) is 12.3 Å². The first kappa shape index (κ1) is 9.96. The molecule has 0 bridgehead atoms. The van der Waals surface area contributed by atoms with Crippen LogP contribution in [0, 0.1) is 5.41 Å². The van der Waals surface area contributed by atoms with E-state index in [1.807, 2.05) is 0 Å². The maximum atomic E-state index is 11.7. The molecule has 1 aromatic heterocycles. The van der Waals surface area contributed by atoms with Crippen molar-refractivity contribution in [2.24, 2.45) is 5.41 Å². The Bertz CT molecular complexity index is 385. The minimum absolute atomic E-state index is 0.179. The fourth-order valence-corrected chi connectivity index (χ4v) is 1.38. The van der Waals surface area contributed by atoms with Crippen LogP contribution in [0.15, 0.2) is 18.3 Å². The monoisotopic (exact) mass is 205 g/mol. The molecule has 3 N–H and O–H groups in total. The SMILES string of the molecule is CC1(CNC(=O)c2ncccc2N)CC1. The minimum atomic E-state index is -0.179. The average molecular weight is 205 g/mol. The fraction of sp³-hybridized carbons (Fsp3) is 0.455. The molecule has 15 heavy (non-hydrogen) atoms. The van der Waals surface area contributed by atoms with Crippen molar-refractivity contribution in [3.05, 3.63) is 24.0 Å². The van der Waals surface area contributed by atoms with E-state index in [1.54, 1.807) is 18.3 Å². The van der Waals surface area contributed by atoms with Gasteiger partial charge in [0.1, 0.15) is 0 Å². The van der Waals surface area contributed by atoms with Gasteiger partial charge in [-0.25, -0.2) is 4.98 Å². The number of amides is 1. The molecule has 1 aliphatic carbocycles. The lowest BCUT2D eigenvalue weighted by Crippen LogP contribution is -2.30. The fourth-order valence-electron chi connectivity index (χ4n) is 1.38. The summed E-state index contributed by atoms with van der Waals surface area (Å²) in [6.45, 7) is 2.87. The number of aromatic nitrogens is 1. The second kappa shape index (κ2) is 3.53. The van der Waals surface area contributed by atoms with E-state index in [0.29, 0.717) is 23.3 Å². The van der Waals surface area contributed by atoms with E-state index in [-0.39, 0.29) is 5.91 Å². The summed E-state index contributed by atoms with van der Waals surface area (Å²) < 4.78 is 0. The highest BCUT2D eigenvalue weighted by atomic mass is 16.1. The number of nitrogen functional groups attached to an aromatic ring is 1. The number of hydrogen-bond acceptors (Lipinski definition) is 3. The predicted molar refractivity (Wildman–Crippen MR) is 58.3 cm³/mol. The maximum absolute atomic E-state index is 11.7. The van der Waals surface area contributed by atoms with Crippen molar-refractivity contribution in [3.63, 3.8) is 0 Å². The Labute approximate surface area is 88.9 Å². The van der Waals surface area contributed by atoms with Crippen LogP contribution in [0.3, 0.4) is 0 Å². The van der Waals surface area contributed by atoms with Crippen LogP contribution in [0.2, 0.25) is 0 Å². The molecule has 1 heterocycles. The third-order valence-electron chi connectivity index (χ3n) is 2.83. The lowest BCUT2D eigenvalue weighted by Gasteiger charge is -2.10. The van der Waals surface area contributed by atoms with Crippen LogP contribution < -0.4 is 11.1 Å². The zero-order valence-electron chi connectivity index (χ0n) is 8.79. The molecule has 0 spiro atoms. The third-order valence-corrected chi connectivity index (χ3v) is 2.83. The Balaban J connectivity index is 1.99. The number of nitrogens with two attached hydrogens (primary N) is 1. The summed E-state index contributed by atoms with van der Waals surface area (Å²) in [5, 5.41) is 2.86. The summed E-state index contributed by atoms with van der Waals surface area (Å²) in [5.41, 5.74) is 6.71. The van der Waals surface area contributed by atoms with E-state index < -0.39 is 0 Å². The number of nitrogens with zero attached hydrogens (tertiary/aromatic N) is 1. The Morgan fingerprint density at radius 3 is 3.00 bits per heavy atom. The van der Waals surface area contributed by atoms with E-state index in [2.05, 4.69) is 17.2 Å². The van der Waals surface area contributed by atoms with Crippen molar-refractivity contribution in [1.82, 2.24) is 10.3 Å². The van der Waals surface area contributed by atoms with Crippen molar-refractivity contribution >= 4 is 11.6 Å². The van der Waals surface area contributed by atoms with Crippen molar-refractivity contribution in [1.29, 1.82) is 0 Å². The second-order valence-electron chi connectivity index (χ2n) is 4.43. The van der Waals surface area contributed by atoms with Crippen LogP contribution in [0.5, 0.6) is 0 Å². The van der Waals surface area contributed by atoms with Gasteiger partial charge in [-0.1, -0.05) is 6.92 Å². The molecular weight excluding hydrogens is 190 g/mol. The van der Waals surface area contributed by atoms with E-state index >= 15 is 0 Å². The van der Waals surface area contributed by atoms with Crippen LogP contribution in [-0.4, -0.2) is 17.4 Å². The molecule has 1 amide bonds. The Morgan fingerprint density at radius 1 is 1.67 bits per heavy atom. The molecule has 80 valence electrons. The number of rotatable bonds is 3. The topological polar surface area (TPSA) is 68.0 Å². The zero-order chi connectivity index (χ0) is 10.9. The van der Waals surface area contributed by atoms with E-state index in [9.17, 15) is 4.79 Å². The summed E-state index contributed by atoms with van der Waals surface area (Å²) in [6, 6.07) is 3.40. The molecule has 2 rings (SSSR count). The number of pyridine rings is 1. The van der Waals surface area contributed by atoms with Crippen LogP contribution in [0.25, 0.3) is 0 Å². The van der Waals surface area contributed by atoms with Gasteiger partial charge < -0.3 is 11.1 Å². The number of carbonyl (C=O) groups excluding carboxylic acids is 1. The number of hydrogen-bond donors (Lipinski definition) is 2. The van der Waals surface area contributed by atoms with Crippen molar-refractivity contribution < 1.29 is 4.79 Å². The highest BCUT2D eigenvalue weighted by Gasteiger charge is 2.37. The van der Waals surface area contributed by atoms with Crippen molar-refractivity contribution in [3.8, 4) is 0 Å². The highest BCUT2D eigenvalue weighted by Crippen LogP contribution is 2.44. The molecule has 1 aromatic rings. The zero-order valence-corrected chi connectivity index (χ0v) is 8.79. The van der Waals surface area contributed by atoms with Gasteiger partial charge in [0.2, 0.25) is 0 Å². The standard InChI is InChI=1S/C11H15N3O/c1-11(4-5-11)7-14-10(15)9-8(12)3-2-6-13-9/h2-3,6H,4-5,7,12H2,1H3,(H,14,15). The van der Waals surface area contributed by atoms with Crippen LogP contribution in [0.4, 0.5) is 5.69 Å². The molecule has 0 aliphatic heterocycles. The van der Waals surface area contributed by atoms with Gasteiger partial charge in [-0.15, -0.1) is 0 Å². The molecular formula is C11H15N3O. The summed E-state index contributed by atoms with van der Waals surface area (Å²) in [5.74, 6) is -0.179. The molecule has 0 saturated heterocycles. The van der Waals surface area contributed by atoms with Crippen LogP contribution >= 0.6 is 0 Å². The lowest BCUT2D eigenvalue weighted by atomic mass is 10.1. The molecule has 1 saturated carbocycles. The largest absolute Gasteiger partial charge is 0.397 e. The number of anilines is 1. The van der Waals surface area contributed by atoms with Gasteiger partial charge in [0.05, 0.1) is 5.69 Å². The molecule has 0 atom stereocenters. The minimum Gasteiger partial charge on any atom is -0.397 e. The van der Waals surface area contributed by atoms with Gasteiger partial charge in [0, 0.05) is 12.7 Å². The van der Waals surface area contributed by atoms with Gasteiger partial charge in [-0.2, -0.15) is 0 Å². The van der Waals surface area contributed by atoms with Gasteiger partial charge in [-0.3, -0.25) is 4.79 Å². The molecule has 0 unspecified atom stereocenters. The van der Waals surface area contributed by atoms with Gasteiger partial charge in [0.25, 0.3) is 5.91 Å². The van der Waals surface area contributed by atoms with Gasteiger partial charge in [0.15, 0.2) is 5.69 Å². The average Bonchev–Trinajstić information content (AvgIpc) is 2.95. The quantitative estimate of drug-likeness (QED) is 0.779. The van der Waals surface area contributed by atoms with E-state index in [1.165, 1.54) is 12.8 Å². The lowest BCUT2D eigenvalue weighted by molar-refractivity contribution is 0.0942. The van der Waals surface area contributed by atoms with E-state index in [0.717, 1.165) is 0 Å². The summed E-state index contributed by atoms with van der Waals surface area (Å²) in [6.07, 6.45) is 3.94. The molecule has 0 aromatic carbocycles. The first-order chi connectivity index (χ1) is 7.11. The van der Waals surface area contributed by atoms with Gasteiger partial charge in [-0.05, 0) is 30.4 Å². The van der Waals surface area contributed by atoms with E-state index in [4.69, 9.17) is 5.73 Å². The maximum Gasteiger partial charge on any atom is 0.272 e. The normalized spacial score (nSPS) is 17.1. The van der Waals surface area contributed by atoms with Gasteiger partial charge >= 0.3 is 0 Å². The Hall–Kier alpha value is -1.58. The number of carbonyl (C=O) groups is 1. The Morgan fingerprint density at radius 2 is 2.40 bits per heavy atom. The van der Waals surface area contributed by atoms with Crippen LogP contribution in [0.1, 0.15) is 30.3 Å². The predicted octanol–water partition coefficient (Wildman–Crippen LogP) is 1.19. The third kappa shape index (κ3) is 2.26. The molecule has 1 fully saturated rings. The number of nitrogens with one attached hydrogen (secondary N) is 1. The first-order valence-corrected chi connectivity index (χ1v) is 5.09. The summed E-state index contributed by atoms with van der Waals surface area (Å²) in [4.78, 5) is 15.6. The molecule has 4 nitrogen and oxygen atoms in total. The molecule has 0 radical (unpaired) electrons. The smallest absolute Gasteiger partial charge is 0.272 e. The van der Waals surface area contributed by atoms with Crippen LogP contribution in [-0.2, 0) is 0 Å². The highest BCUT2D eigenvalue weighted by molar-refractivity contribution is 5.96. The summed E-state index contributed by atoms with van der Waals surface area (Å²) in [7, 11) is 0. The molecule has 1 aliphatic rings. The molecule has 4 heteroatoms. The second-order valence-corrected chi connectivity index (χ2v) is 4.43. The summed E-state index contributed by atoms with van der Waals surface area (Å²) >= 11 is 0. The Kier molecular flexibility index (Phi) is 2.34.